The van der Waals surface area contributed by atoms with Crippen molar-refractivity contribution in [2.24, 2.45) is 0 Å². The van der Waals surface area contributed by atoms with Gasteiger partial charge in [0.1, 0.15) is 0 Å². The molecular formula is C10H7N2. The van der Waals surface area contributed by atoms with Crippen LogP contribution in [0, 0.1) is 6.07 Å². The number of nitrogens with zero attached hydrogens (tertiary/aromatic N) is 2. The third kappa shape index (κ3) is 1.32. The molecule has 1 aromatic heterocycles. The van der Waals surface area contributed by atoms with E-state index < -0.39 is 0 Å². The topological polar surface area (TPSA) is 25.8 Å². The lowest BCUT2D eigenvalue weighted by Crippen LogP contribution is -1.84. The molecule has 1 aromatic carbocycles. The highest BCUT2D eigenvalue weighted by molar-refractivity contribution is 5.57. The predicted octanol–water partition coefficient (Wildman–Crippen LogP) is 1.94. The fourth-order valence-electron chi connectivity index (χ4n) is 1.01. The Kier molecular flexibility index (Phi) is 1.82. The Bertz CT molecular complexity index is 305. The molecule has 2 heteroatoms. The van der Waals surface area contributed by atoms with Crippen molar-refractivity contribution in [3.63, 3.8) is 0 Å². The van der Waals surface area contributed by atoms with Gasteiger partial charge >= 0.3 is 0 Å². The molecule has 0 atom stereocenters. The molecule has 0 aliphatic heterocycles. The summed E-state index contributed by atoms with van der Waals surface area (Å²) in [5.74, 6) is 0. The van der Waals surface area contributed by atoms with Crippen molar-refractivity contribution in [3.8, 4) is 11.3 Å². The van der Waals surface area contributed by atoms with Crippen LogP contribution in [-0.4, -0.2) is 10.2 Å². The molecule has 2 nitrogen and oxygen atoms in total. The molecule has 0 aliphatic carbocycles. The maximum absolute atomic E-state index is 3.99. The zero-order valence-corrected chi connectivity index (χ0v) is 6.44. The van der Waals surface area contributed by atoms with Crippen LogP contribution < -0.4 is 0 Å². The minimum absolute atomic E-state index is 0.895. The number of hydrogen-bond donors (Lipinski definition) is 0. The average molecular weight is 155 g/mol. The second-order valence-corrected chi connectivity index (χ2v) is 2.40. The minimum Gasteiger partial charge on any atom is -0.159 e. The summed E-state index contributed by atoms with van der Waals surface area (Å²) in [7, 11) is 0. The zero-order valence-electron chi connectivity index (χ0n) is 6.44. The summed E-state index contributed by atoms with van der Waals surface area (Å²) in [4.78, 5) is 0. The van der Waals surface area contributed by atoms with E-state index in [0.717, 1.165) is 11.3 Å². The third-order valence-corrected chi connectivity index (χ3v) is 1.59. The third-order valence-electron chi connectivity index (χ3n) is 1.59. The summed E-state index contributed by atoms with van der Waals surface area (Å²) in [6, 6.07) is 14.4. The second kappa shape index (κ2) is 3.13. The fraction of sp³-hybridized carbons (Fsp3) is 0. The molecule has 1 heterocycles. The summed E-state index contributed by atoms with van der Waals surface area (Å²) >= 11 is 0. The van der Waals surface area contributed by atoms with Crippen molar-refractivity contribution in [1.29, 1.82) is 0 Å². The van der Waals surface area contributed by atoms with Gasteiger partial charge in [-0.15, -0.1) is 0 Å². The largest absolute Gasteiger partial charge is 0.159 e. The van der Waals surface area contributed by atoms with Crippen LogP contribution in [0.5, 0.6) is 0 Å². The van der Waals surface area contributed by atoms with E-state index in [1.54, 1.807) is 6.20 Å². The molecule has 0 bridgehead atoms. The molecular weight excluding hydrogens is 148 g/mol. The summed E-state index contributed by atoms with van der Waals surface area (Å²) < 4.78 is 0. The van der Waals surface area contributed by atoms with Gasteiger partial charge < -0.3 is 0 Å². The summed E-state index contributed by atoms with van der Waals surface area (Å²) in [5, 5.41) is 7.79. The Hall–Kier alpha value is -1.70. The standard InChI is InChI=1S/C10H7N2/c1-2-5-9(6-3-1)10-7-4-8-11-12-10/h2-8H. The van der Waals surface area contributed by atoms with Crippen molar-refractivity contribution in [1.82, 2.24) is 10.2 Å². The van der Waals surface area contributed by atoms with Crippen LogP contribution in [0.1, 0.15) is 0 Å². The molecule has 0 saturated heterocycles. The van der Waals surface area contributed by atoms with Crippen molar-refractivity contribution in [2.45, 2.75) is 0 Å². The smallest absolute Gasteiger partial charge is 0.0929 e. The number of hydrogen-bond acceptors (Lipinski definition) is 2. The molecule has 1 radical (unpaired) electrons. The van der Waals surface area contributed by atoms with Crippen molar-refractivity contribution in [2.75, 3.05) is 0 Å². The lowest BCUT2D eigenvalue weighted by atomic mass is 10.1. The Morgan fingerprint density at radius 1 is 1.08 bits per heavy atom. The lowest BCUT2D eigenvalue weighted by Gasteiger charge is -1.96. The van der Waals surface area contributed by atoms with Gasteiger partial charge in [0.15, 0.2) is 0 Å². The molecule has 12 heavy (non-hydrogen) atoms. The Labute approximate surface area is 70.9 Å². The number of benzene rings is 1. The monoisotopic (exact) mass is 155 g/mol. The van der Waals surface area contributed by atoms with Gasteiger partial charge in [0.2, 0.25) is 0 Å². The van der Waals surface area contributed by atoms with Gasteiger partial charge in [0, 0.05) is 11.8 Å². The van der Waals surface area contributed by atoms with Gasteiger partial charge in [-0.25, -0.2) is 0 Å². The van der Waals surface area contributed by atoms with Gasteiger partial charge in [-0.1, -0.05) is 24.3 Å². The van der Waals surface area contributed by atoms with Gasteiger partial charge in [0.25, 0.3) is 0 Å². The summed E-state index contributed by atoms with van der Waals surface area (Å²) in [6.07, 6.45) is 1.67. The lowest BCUT2D eigenvalue weighted by molar-refractivity contribution is 1.04. The first kappa shape index (κ1) is 6.98. The molecule has 0 amide bonds. The van der Waals surface area contributed by atoms with Crippen LogP contribution >= 0.6 is 0 Å². The van der Waals surface area contributed by atoms with Gasteiger partial charge in [0.05, 0.1) is 5.69 Å². The van der Waals surface area contributed by atoms with E-state index in [9.17, 15) is 0 Å². The average Bonchev–Trinajstić information content (AvgIpc) is 2.21. The van der Waals surface area contributed by atoms with Crippen LogP contribution in [0.4, 0.5) is 0 Å². The van der Waals surface area contributed by atoms with Crippen molar-refractivity contribution < 1.29 is 0 Å². The summed E-state index contributed by atoms with van der Waals surface area (Å²) in [5.41, 5.74) is 1.97. The van der Waals surface area contributed by atoms with Crippen molar-refractivity contribution in [3.05, 3.63) is 48.7 Å². The van der Waals surface area contributed by atoms with E-state index in [4.69, 9.17) is 0 Å². The molecule has 0 aliphatic rings. The zero-order chi connectivity index (χ0) is 8.23. The van der Waals surface area contributed by atoms with E-state index in [2.05, 4.69) is 16.3 Å². The SMILES string of the molecule is [c]1ccc(-c2cccnn2)cc1. The summed E-state index contributed by atoms with van der Waals surface area (Å²) in [6.45, 7) is 0. The molecule has 0 unspecified atom stereocenters. The molecule has 2 aromatic rings. The maximum atomic E-state index is 3.99. The van der Waals surface area contributed by atoms with E-state index >= 15 is 0 Å². The Balaban J connectivity index is 2.46. The van der Waals surface area contributed by atoms with E-state index in [0.29, 0.717) is 0 Å². The highest BCUT2D eigenvalue weighted by Crippen LogP contribution is 2.13. The van der Waals surface area contributed by atoms with E-state index in [-0.39, 0.29) is 0 Å². The molecule has 0 N–H and O–H groups in total. The second-order valence-electron chi connectivity index (χ2n) is 2.40. The maximum Gasteiger partial charge on any atom is 0.0929 e. The Morgan fingerprint density at radius 3 is 2.58 bits per heavy atom. The first-order valence-corrected chi connectivity index (χ1v) is 3.71. The van der Waals surface area contributed by atoms with E-state index in [1.807, 2.05) is 36.4 Å². The van der Waals surface area contributed by atoms with Gasteiger partial charge in [-0.05, 0) is 18.2 Å². The van der Waals surface area contributed by atoms with Crippen LogP contribution in [-0.2, 0) is 0 Å². The van der Waals surface area contributed by atoms with Crippen LogP contribution in [0.2, 0.25) is 0 Å². The minimum atomic E-state index is 0.895. The molecule has 0 saturated carbocycles. The van der Waals surface area contributed by atoms with Crippen LogP contribution in [0.25, 0.3) is 11.3 Å². The van der Waals surface area contributed by atoms with Crippen LogP contribution in [0.3, 0.4) is 0 Å². The highest BCUT2D eigenvalue weighted by Gasteiger charge is 1.94. The highest BCUT2D eigenvalue weighted by atomic mass is 15.1. The molecule has 2 rings (SSSR count). The quantitative estimate of drug-likeness (QED) is 0.629. The van der Waals surface area contributed by atoms with Gasteiger partial charge in [-0.3, -0.25) is 0 Å². The number of rotatable bonds is 1. The van der Waals surface area contributed by atoms with Crippen molar-refractivity contribution >= 4 is 0 Å². The number of aromatic nitrogens is 2. The predicted molar refractivity (Wildman–Crippen MR) is 46.3 cm³/mol. The fourth-order valence-corrected chi connectivity index (χ4v) is 1.01. The normalized spacial score (nSPS) is 9.67. The molecule has 57 valence electrons. The first-order chi connectivity index (χ1) is 5.97. The Morgan fingerprint density at radius 2 is 1.92 bits per heavy atom. The van der Waals surface area contributed by atoms with Crippen LogP contribution in [0.15, 0.2) is 42.6 Å². The molecule has 0 fully saturated rings. The first-order valence-electron chi connectivity index (χ1n) is 3.71. The van der Waals surface area contributed by atoms with E-state index in [1.165, 1.54) is 0 Å². The molecule has 0 spiro atoms. The van der Waals surface area contributed by atoms with Gasteiger partial charge in [-0.2, -0.15) is 10.2 Å².